The Bertz CT molecular complexity index is 717. The van der Waals surface area contributed by atoms with Crippen LogP contribution < -0.4 is 4.74 Å². The minimum atomic E-state index is -0.0518. The van der Waals surface area contributed by atoms with Gasteiger partial charge in [0, 0.05) is 51.1 Å². The number of rotatable bonds is 2. The Morgan fingerprint density at radius 1 is 1.00 bits per heavy atom. The molecule has 3 nitrogen and oxygen atoms in total. The van der Waals surface area contributed by atoms with E-state index in [0.717, 1.165) is 51.3 Å². The van der Waals surface area contributed by atoms with Gasteiger partial charge in [-0.2, -0.15) is 0 Å². The average Bonchev–Trinajstić information content (AvgIpc) is 2.76. The van der Waals surface area contributed by atoms with Gasteiger partial charge in [-0.1, -0.05) is 48.0 Å². The van der Waals surface area contributed by atoms with Crippen molar-refractivity contribution in [2.45, 2.75) is 38.5 Å². The molecule has 0 amide bonds. The van der Waals surface area contributed by atoms with Gasteiger partial charge in [-0.15, -0.1) is 0 Å². The monoisotopic (exact) mass is 336 g/mol. The molecule has 0 atom stereocenters. The molecule has 4 rings (SSSR count). The first-order valence-corrected chi connectivity index (χ1v) is 9.35. The van der Waals surface area contributed by atoms with Crippen LogP contribution in [0.2, 0.25) is 0 Å². The molecule has 132 valence electrons. The van der Waals surface area contributed by atoms with E-state index in [4.69, 9.17) is 4.74 Å². The molecular weight excluding hydrogens is 308 g/mol. The lowest BCUT2D eigenvalue weighted by atomic mass is 9.90. The van der Waals surface area contributed by atoms with Crippen molar-refractivity contribution in [3.05, 3.63) is 65.2 Å². The molecule has 2 aromatic carbocycles. The van der Waals surface area contributed by atoms with Crippen LogP contribution in [0.3, 0.4) is 0 Å². The summed E-state index contributed by atoms with van der Waals surface area (Å²) in [4.78, 5) is 4.98. The van der Waals surface area contributed by atoms with E-state index in [1.165, 1.54) is 16.7 Å². The predicted octanol–water partition coefficient (Wildman–Crippen LogP) is 3.85. The lowest BCUT2D eigenvalue weighted by molar-refractivity contribution is -0.0146. The van der Waals surface area contributed by atoms with Gasteiger partial charge >= 0.3 is 0 Å². The highest BCUT2D eigenvalue weighted by Crippen LogP contribution is 2.35. The van der Waals surface area contributed by atoms with E-state index in [-0.39, 0.29) is 5.60 Å². The highest BCUT2D eigenvalue weighted by molar-refractivity contribution is 5.35. The number of hydrogen-bond acceptors (Lipinski definition) is 3. The number of likely N-dealkylation sites (tertiary alicyclic amines) is 1. The summed E-state index contributed by atoms with van der Waals surface area (Å²) in [6, 6.07) is 17.5. The van der Waals surface area contributed by atoms with Gasteiger partial charge < -0.3 is 9.64 Å². The molecular formula is C22H28N2O. The molecule has 1 spiro atoms. The molecule has 1 fully saturated rings. The lowest BCUT2D eigenvalue weighted by Crippen LogP contribution is -2.52. The van der Waals surface area contributed by atoms with Crippen molar-refractivity contribution in [2.24, 2.45) is 0 Å². The minimum Gasteiger partial charge on any atom is -0.486 e. The normalized spacial score (nSPS) is 20.7. The largest absolute Gasteiger partial charge is 0.486 e. The van der Waals surface area contributed by atoms with E-state index in [2.05, 4.69) is 72.3 Å². The van der Waals surface area contributed by atoms with Gasteiger partial charge in [-0.25, -0.2) is 0 Å². The summed E-state index contributed by atoms with van der Waals surface area (Å²) in [6.07, 6.45) is 2.20. The van der Waals surface area contributed by atoms with Gasteiger partial charge in [0.1, 0.15) is 11.4 Å². The summed E-state index contributed by atoms with van der Waals surface area (Å²) >= 11 is 0. The summed E-state index contributed by atoms with van der Waals surface area (Å²) in [6.45, 7) is 7.31. The number of aryl methyl sites for hydroxylation is 1. The Morgan fingerprint density at radius 3 is 2.48 bits per heavy atom. The van der Waals surface area contributed by atoms with Gasteiger partial charge in [0.25, 0.3) is 0 Å². The van der Waals surface area contributed by atoms with Crippen LogP contribution in [0.25, 0.3) is 0 Å². The molecule has 1 saturated heterocycles. The van der Waals surface area contributed by atoms with Crippen molar-refractivity contribution in [3.8, 4) is 5.75 Å². The summed E-state index contributed by atoms with van der Waals surface area (Å²) in [5.41, 5.74) is 3.96. The van der Waals surface area contributed by atoms with E-state index in [1.807, 2.05) is 0 Å². The maximum absolute atomic E-state index is 6.65. The van der Waals surface area contributed by atoms with Crippen molar-refractivity contribution in [1.82, 2.24) is 9.80 Å². The highest BCUT2D eigenvalue weighted by Gasteiger charge is 2.39. The van der Waals surface area contributed by atoms with Crippen LogP contribution in [-0.2, 0) is 13.1 Å². The van der Waals surface area contributed by atoms with Crippen LogP contribution in [-0.4, -0.2) is 42.1 Å². The Morgan fingerprint density at radius 2 is 1.72 bits per heavy atom. The van der Waals surface area contributed by atoms with Gasteiger partial charge in [-0.3, -0.25) is 4.90 Å². The highest BCUT2D eigenvalue weighted by atomic mass is 16.5. The standard InChI is InChI=1S/C22H28N2O/c1-18-7-9-19(10-8-18)15-24-16-20-5-3-4-6-21(20)25-22(17-24)11-13-23(2)14-12-22/h3-10H,11-17H2,1-2H3. The molecule has 2 aliphatic heterocycles. The van der Waals surface area contributed by atoms with Gasteiger partial charge in [0.15, 0.2) is 0 Å². The zero-order valence-corrected chi connectivity index (χ0v) is 15.4. The number of nitrogens with zero attached hydrogens (tertiary/aromatic N) is 2. The topological polar surface area (TPSA) is 15.7 Å². The quantitative estimate of drug-likeness (QED) is 0.828. The average molecular weight is 336 g/mol. The maximum atomic E-state index is 6.65. The maximum Gasteiger partial charge on any atom is 0.124 e. The first kappa shape index (κ1) is 16.6. The van der Waals surface area contributed by atoms with E-state index < -0.39 is 0 Å². The second-order valence-corrected chi connectivity index (χ2v) is 7.83. The van der Waals surface area contributed by atoms with Gasteiger partial charge in [-0.05, 0) is 25.6 Å². The van der Waals surface area contributed by atoms with Crippen molar-refractivity contribution < 1.29 is 4.74 Å². The van der Waals surface area contributed by atoms with Crippen LogP contribution in [0.1, 0.15) is 29.5 Å². The number of ether oxygens (including phenoxy) is 1. The van der Waals surface area contributed by atoms with Crippen LogP contribution in [0.5, 0.6) is 5.75 Å². The number of hydrogen-bond donors (Lipinski definition) is 0. The second-order valence-electron chi connectivity index (χ2n) is 7.83. The third-order valence-electron chi connectivity index (χ3n) is 5.63. The number of benzene rings is 2. The Labute approximate surface area is 151 Å². The first-order valence-electron chi connectivity index (χ1n) is 9.35. The Balaban J connectivity index is 1.61. The zero-order valence-electron chi connectivity index (χ0n) is 15.4. The van der Waals surface area contributed by atoms with Crippen LogP contribution in [0.4, 0.5) is 0 Å². The fraction of sp³-hybridized carbons (Fsp3) is 0.455. The SMILES string of the molecule is Cc1ccc(CN2Cc3ccccc3OC3(CCN(C)CC3)C2)cc1. The van der Waals surface area contributed by atoms with Crippen LogP contribution in [0, 0.1) is 6.92 Å². The van der Waals surface area contributed by atoms with E-state index in [0.29, 0.717) is 0 Å². The molecule has 0 aromatic heterocycles. The van der Waals surface area contributed by atoms with Gasteiger partial charge in [0.2, 0.25) is 0 Å². The third-order valence-corrected chi connectivity index (χ3v) is 5.63. The van der Waals surface area contributed by atoms with Crippen molar-refractivity contribution >= 4 is 0 Å². The Kier molecular flexibility index (Phi) is 4.53. The number of para-hydroxylation sites is 1. The second kappa shape index (κ2) is 6.81. The molecule has 25 heavy (non-hydrogen) atoms. The first-order chi connectivity index (χ1) is 12.1. The molecule has 0 unspecified atom stereocenters. The summed E-state index contributed by atoms with van der Waals surface area (Å²) in [5, 5.41) is 0. The molecule has 0 saturated carbocycles. The van der Waals surface area contributed by atoms with Crippen LogP contribution in [0.15, 0.2) is 48.5 Å². The van der Waals surface area contributed by atoms with Crippen molar-refractivity contribution in [1.29, 1.82) is 0 Å². The molecule has 0 aliphatic carbocycles. The molecule has 0 radical (unpaired) electrons. The molecule has 2 heterocycles. The zero-order chi connectivity index (χ0) is 17.3. The third kappa shape index (κ3) is 3.73. The van der Waals surface area contributed by atoms with E-state index in [1.54, 1.807) is 0 Å². The molecule has 2 aromatic rings. The van der Waals surface area contributed by atoms with E-state index in [9.17, 15) is 0 Å². The summed E-state index contributed by atoms with van der Waals surface area (Å²) in [7, 11) is 2.21. The number of piperidine rings is 1. The van der Waals surface area contributed by atoms with Crippen molar-refractivity contribution in [3.63, 3.8) is 0 Å². The summed E-state index contributed by atoms with van der Waals surface area (Å²) < 4.78 is 6.65. The molecule has 0 bridgehead atoms. The molecule has 0 N–H and O–H groups in total. The Hall–Kier alpha value is -1.84. The lowest BCUT2D eigenvalue weighted by Gasteiger charge is -2.42. The van der Waals surface area contributed by atoms with Gasteiger partial charge in [0.05, 0.1) is 0 Å². The molecule has 2 aliphatic rings. The van der Waals surface area contributed by atoms with Crippen molar-refractivity contribution in [2.75, 3.05) is 26.7 Å². The summed E-state index contributed by atoms with van der Waals surface area (Å²) in [5.74, 6) is 1.08. The fourth-order valence-corrected chi connectivity index (χ4v) is 4.05. The predicted molar refractivity (Wildman–Crippen MR) is 102 cm³/mol. The molecule has 3 heteroatoms. The minimum absolute atomic E-state index is 0.0518. The number of fused-ring (bicyclic) bond motifs is 1. The smallest absolute Gasteiger partial charge is 0.124 e. The van der Waals surface area contributed by atoms with E-state index >= 15 is 0 Å². The van der Waals surface area contributed by atoms with Crippen LogP contribution >= 0.6 is 0 Å². The fourth-order valence-electron chi connectivity index (χ4n) is 4.05.